The number of rotatable bonds is 2. The van der Waals surface area contributed by atoms with Gasteiger partial charge in [0, 0.05) is 18.1 Å². The summed E-state index contributed by atoms with van der Waals surface area (Å²) in [6.45, 7) is 7.52. The van der Waals surface area contributed by atoms with E-state index < -0.39 is 0 Å². The van der Waals surface area contributed by atoms with Crippen LogP contribution in [-0.4, -0.2) is 35.6 Å². The summed E-state index contributed by atoms with van der Waals surface area (Å²) in [6.07, 6.45) is 0.859. The van der Waals surface area contributed by atoms with Gasteiger partial charge in [-0.25, -0.2) is 4.79 Å². The molecule has 1 unspecified atom stereocenters. The number of hydrogen-bond acceptors (Lipinski definition) is 2. The Balaban J connectivity index is 2.57. The predicted octanol–water partition coefficient (Wildman–Crippen LogP) is 0.528. The maximum atomic E-state index is 11.5. The molecule has 1 rings (SSSR count). The topological polar surface area (TPSA) is 58.4 Å². The van der Waals surface area contributed by atoms with Crippen LogP contribution in [0.15, 0.2) is 0 Å². The summed E-state index contributed by atoms with van der Waals surface area (Å²) in [5, 5.41) is 2.92. The van der Waals surface area contributed by atoms with Crippen molar-refractivity contribution in [3.8, 4) is 0 Å². The lowest BCUT2D eigenvalue weighted by molar-refractivity contribution is 0.169. The van der Waals surface area contributed by atoms with Gasteiger partial charge in [0.15, 0.2) is 0 Å². The molecule has 1 fully saturated rings. The van der Waals surface area contributed by atoms with Gasteiger partial charge < -0.3 is 16.0 Å². The molecule has 13 heavy (non-hydrogen) atoms. The van der Waals surface area contributed by atoms with E-state index in [1.165, 1.54) is 0 Å². The Bertz CT molecular complexity index is 198. The summed E-state index contributed by atoms with van der Waals surface area (Å²) in [7, 11) is 0. The van der Waals surface area contributed by atoms with Crippen LogP contribution in [-0.2, 0) is 0 Å². The predicted molar refractivity (Wildman–Crippen MR) is 52.5 cm³/mol. The highest BCUT2D eigenvalue weighted by molar-refractivity contribution is 5.77. The number of hydrogen-bond donors (Lipinski definition) is 2. The number of nitrogens with two attached hydrogens (primary N) is 1. The van der Waals surface area contributed by atoms with Crippen LogP contribution >= 0.6 is 0 Å². The minimum atomic E-state index is -0.0898. The van der Waals surface area contributed by atoms with Gasteiger partial charge in [0.1, 0.15) is 0 Å². The Morgan fingerprint density at radius 3 is 2.62 bits per heavy atom. The molecule has 0 aromatic heterocycles. The first-order valence-electron chi connectivity index (χ1n) is 4.73. The molecule has 76 valence electrons. The number of nitrogens with one attached hydrogen (secondary N) is 1. The quantitative estimate of drug-likeness (QED) is 0.659. The molecule has 4 nitrogen and oxygen atoms in total. The third-order valence-electron chi connectivity index (χ3n) is 2.30. The van der Waals surface area contributed by atoms with Gasteiger partial charge in [-0.15, -0.1) is 0 Å². The molecular weight excluding hydrogens is 166 g/mol. The van der Waals surface area contributed by atoms with E-state index in [-0.39, 0.29) is 17.6 Å². The van der Waals surface area contributed by atoms with Gasteiger partial charge in [-0.1, -0.05) is 0 Å². The molecule has 1 saturated heterocycles. The molecule has 1 heterocycles. The second-order valence-electron chi connectivity index (χ2n) is 4.51. The van der Waals surface area contributed by atoms with Crippen molar-refractivity contribution in [2.45, 2.75) is 38.8 Å². The molecule has 0 aliphatic carbocycles. The van der Waals surface area contributed by atoms with Crippen LogP contribution in [0.1, 0.15) is 27.2 Å². The maximum absolute atomic E-state index is 11.5. The molecule has 0 aromatic rings. The Labute approximate surface area is 79.5 Å². The monoisotopic (exact) mass is 185 g/mol. The van der Waals surface area contributed by atoms with E-state index >= 15 is 0 Å². The molecule has 0 bridgehead atoms. The number of carbonyl (C=O) groups excluding carboxylic acids is 1. The van der Waals surface area contributed by atoms with Gasteiger partial charge in [0.05, 0.1) is 0 Å². The van der Waals surface area contributed by atoms with Gasteiger partial charge in [-0.05, 0) is 33.7 Å². The van der Waals surface area contributed by atoms with Crippen LogP contribution in [0.5, 0.6) is 0 Å². The summed E-state index contributed by atoms with van der Waals surface area (Å²) in [5.41, 5.74) is 5.35. The molecule has 0 radical (unpaired) electrons. The van der Waals surface area contributed by atoms with E-state index in [9.17, 15) is 4.79 Å². The lowest BCUT2D eigenvalue weighted by Crippen LogP contribution is -2.43. The van der Waals surface area contributed by atoms with Crippen molar-refractivity contribution in [2.75, 3.05) is 13.1 Å². The normalized spacial score (nSPS) is 23.5. The lowest BCUT2D eigenvalue weighted by Gasteiger charge is -2.30. The fraction of sp³-hybridized carbons (Fsp3) is 0.889. The molecule has 1 atom stereocenters. The van der Waals surface area contributed by atoms with Crippen molar-refractivity contribution in [1.82, 2.24) is 10.2 Å². The molecule has 4 heteroatoms. The number of urea groups is 1. The van der Waals surface area contributed by atoms with Crippen molar-refractivity contribution >= 4 is 6.03 Å². The first kappa shape index (κ1) is 10.3. The average Bonchev–Trinajstić information content (AvgIpc) is 2.30. The molecule has 1 aliphatic rings. The highest BCUT2D eigenvalue weighted by Crippen LogP contribution is 2.18. The van der Waals surface area contributed by atoms with Crippen LogP contribution in [0.2, 0.25) is 0 Å². The first-order chi connectivity index (χ1) is 5.95. The molecule has 3 N–H and O–H groups in total. The Morgan fingerprint density at radius 1 is 1.62 bits per heavy atom. The van der Waals surface area contributed by atoms with E-state index in [0.29, 0.717) is 6.54 Å². The Kier molecular flexibility index (Phi) is 2.81. The zero-order valence-corrected chi connectivity index (χ0v) is 8.63. The third kappa shape index (κ3) is 2.34. The van der Waals surface area contributed by atoms with Crippen LogP contribution < -0.4 is 11.1 Å². The summed E-state index contributed by atoms with van der Waals surface area (Å²) < 4.78 is 0. The summed E-state index contributed by atoms with van der Waals surface area (Å²) in [5.74, 6) is 0. The van der Waals surface area contributed by atoms with E-state index in [1.807, 2.05) is 25.7 Å². The van der Waals surface area contributed by atoms with E-state index in [0.717, 1.165) is 13.0 Å². The summed E-state index contributed by atoms with van der Waals surface area (Å²) in [4.78, 5) is 13.3. The minimum absolute atomic E-state index is 0.0333. The second kappa shape index (κ2) is 3.54. The fourth-order valence-electron chi connectivity index (χ4n) is 1.54. The van der Waals surface area contributed by atoms with Gasteiger partial charge >= 0.3 is 6.03 Å². The lowest BCUT2D eigenvalue weighted by atomic mass is 10.1. The fourth-order valence-corrected chi connectivity index (χ4v) is 1.54. The van der Waals surface area contributed by atoms with E-state index in [1.54, 1.807) is 0 Å². The highest BCUT2D eigenvalue weighted by Gasteiger charge is 2.34. The van der Waals surface area contributed by atoms with Gasteiger partial charge in [-0.2, -0.15) is 0 Å². The number of carbonyl (C=O) groups is 1. The molecule has 1 aliphatic heterocycles. The standard InChI is InChI=1S/C9H19N3O/c1-9(2,3)12-6-7(4-5-10)11-8(12)13/h7H,4-6,10H2,1-3H3,(H,11,13). The van der Waals surface area contributed by atoms with Crippen LogP contribution in [0.4, 0.5) is 4.79 Å². The minimum Gasteiger partial charge on any atom is -0.333 e. The summed E-state index contributed by atoms with van der Waals surface area (Å²) in [6, 6.07) is 0.266. The zero-order chi connectivity index (χ0) is 10.1. The maximum Gasteiger partial charge on any atom is 0.318 e. The molecular formula is C9H19N3O. The number of amides is 2. The van der Waals surface area contributed by atoms with Crippen molar-refractivity contribution < 1.29 is 4.79 Å². The second-order valence-corrected chi connectivity index (χ2v) is 4.51. The smallest absolute Gasteiger partial charge is 0.318 e. The van der Waals surface area contributed by atoms with Crippen molar-refractivity contribution in [3.63, 3.8) is 0 Å². The molecule has 0 spiro atoms. The number of nitrogens with zero attached hydrogens (tertiary/aromatic N) is 1. The largest absolute Gasteiger partial charge is 0.333 e. The first-order valence-corrected chi connectivity index (χ1v) is 4.73. The van der Waals surface area contributed by atoms with Gasteiger partial charge in [0.2, 0.25) is 0 Å². The Morgan fingerprint density at radius 2 is 2.23 bits per heavy atom. The molecule has 0 aromatic carbocycles. The van der Waals surface area contributed by atoms with E-state index in [4.69, 9.17) is 5.73 Å². The molecule has 2 amide bonds. The van der Waals surface area contributed by atoms with Gasteiger partial charge in [-0.3, -0.25) is 0 Å². The highest BCUT2D eigenvalue weighted by atomic mass is 16.2. The van der Waals surface area contributed by atoms with Crippen molar-refractivity contribution in [2.24, 2.45) is 5.73 Å². The SMILES string of the molecule is CC(C)(C)N1CC(CCN)NC1=O. The van der Waals surface area contributed by atoms with Crippen LogP contribution in [0, 0.1) is 0 Å². The third-order valence-corrected chi connectivity index (χ3v) is 2.30. The molecule has 0 saturated carbocycles. The van der Waals surface area contributed by atoms with E-state index in [2.05, 4.69) is 5.32 Å². The van der Waals surface area contributed by atoms with Crippen molar-refractivity contribution in [3.05, 3.63) is 0 Å². The van der Waals surface area contributed by atoms with Gasteiger partial charge in [0.25, 0.3) is 0 Å². The van der Waals surface area contributed by atoms with Crippen LogP contribution in [0.25, 0.3) is 0 Å². The summed E-state index contributed by atoms with van der Waals surface area (Å²) >= 11 is 0. The average molecular weight is 185 g/mol. The zero-order valence-electron chi connectivity index (χ0n) is 8.63. The Hall–Kier alpha value is -0.770. The van der Waals surface area contributed by atoms with Crippen molar-refractivity contribution in [1.29, 1.82) is 0 Å². The van der Waals surface area contributed by atoms with Crippen LogP contribution in [0.3, 0.4) is 0 Å².